The molecule has 5 heteroatoms. The van der Waals surface area contributed by atoms with Gasteiger partial charge in [0.05, 0.1) is 0 Å². The van der Waals surface area contributed by atoms with Crippen molar-refractivity contribution in [3.05, 3.63) is 12.2 Å². The van der Waals surface area contributed by atoms with Gasteiger partial charge in [-0.05, 0) is 13.8 Å². The smallest absolute Gasteiger partial charge is 0.332 e. The van der Waals surface area contributed by atoms with E-state index in [0.717, 1.165) is 12.2 Å². The van der Waals surface area contributed by atoms with Crippen LogP contribution in [0.3, 0.4) is 0 Å². The molecule has 0 aromatic heterocycles. The largest absolute Gasteiger partial charge is 0.444 e. The molecule has 0 saturated carbocycles. The van der Waals surface area contributed by atoms with Crippen LogP contribution in [0.15, 0.2) is 12.2 Å². The number of nitrogens with two attached hydrogens (primary N) is 1. The summed E-state index contributed by atoms with van der Waals surface area (Å²) in [6.45, 7) is 3.83. The maximum absolute atomic E-state index is 10.8. The molecule has 0 fully saturated rings. The van der Waals surface area contributed by atoms with Crippen molar-refractivity contribution >= 4 is 11.9 Å². The zero-order chi connectivity index (χ0) is 10.3. The van der Waals surface area contributed by atoms with Gasteiger partial charge >= 0.3 is 5.97 Å². The fourth-order valence-corrected chi connectivity index (χ4v) is 0.599. The normalized spacial score (nSPS) is 12.5. The summed E-state index contributed by atoms with van der Waals surface area (Å²) in [5.74, 6) is -0.953. The molecule has 0 aromatic rings. The number of rotatable bonds is 4. The van der Waals surface area contributed by atoms with Crippen LogP contribution >= 0.6 is 0 Å². The van der Waals surface area contributed by atoms with Gasteiger partial charge in [0, 0.05) is 18.7 Å². The highest BCUT2D eigenvalue weighted by Crippen LogP contribution is 1.85. The van der Waals surface area contributed by atoms with E-state index in [1.165, 1.54) is 6.92 Å². The first-order valence-corrected chi connectivity index (χ1v) is 3.98. The predicted molar refractivity (Wildman–Crippen MR) is 47.6 cm³/mol. The number of hydrogen-bond donors (Lipinski definition) is 2. The molecule has 74 valence electrons. The fourth-order valence-electron chi connectivity index (χ4n) is 0.599. The van der Waals surface area contributed by atoms with E-state index in [4.69, 9.17) is 5.73 Å². The molecule has 0 radical (unpaired) electrons. The fraction of sp³-hybridized carbons (Fsp3) is 0.500. The number of carbonyl (C=O) groups excluding carboxylic acids is 2. The second-order valence-corrected chi connectivity index (χ2v) is 2.37. The third-order valence-electron chi connectivity index (χ3n) is 1.02. The summed E-state index contributed by atoms with van der Waals surface area (Å²) in [5.41, 5.74) is 5.18. The molecule has 0 aliphatic rings. The molecule has 1 atom stereocenters. The molecule has 3 N–H and O–H groups in total. The van der Waals surface area contributed by atoms with E-state index in [0.29, 0.717) is 6.54 Å². The van der Waals surface area contributed by atoms with Gasteiger partial charge in [-0.1, -0.05) is 0 Å². The SMILES string of the molecule is CCNC(=O)/C=C\C(=O)OC(C)N. The van der Waals surface area contributed by atoms with Gasteiger partial charge in [-0.3, -0.25) is 10.5 Å². The molecule has 13 heavy (non-hydrogen) atoms. The highest BCUT2D eigenvalue weighted by molar-refractivity contribution is 5.94. The topological polar surface area (TPSA) is 81.4 Å². The Labute approximate surface area is 76.9 Å². The quantitative estimate of drug-likeness (QED) is 0.353. The first kappa shape index (κ1) is 11.6. The van der Waals surface area contributed by atoms with Crippen LogP contribution in [0.2, 0.25) is 0 Å². The van der Waals surface area contributed by atoms with Crippen molar-refractivity contribution in [2.24, 2.45) is 5.73 Å². The summed E-state index contributed by atoms with van der Waals surface area (Å²) in [6.07, 6.45) is 1.48. The summed E-state index contributed by atoms with van der Waals surface area (Å²) in [5, 5.41) is 2.49. The molecular weight excluding hydrogens is 172 g/mol. The molecule has 0 rings (SSSR count). The highest BCUT2D eigenvalue weighted by Gasteiger charge is 2.00. The lowest BCUT2D eigenvalue weighted by molar-refractivity contribution is -0.142. The van der Waals surface area contributed by atoms with Crippen molar-refractivity contribution < 1.29 is 14.3 Å². The van der Waals surface area contributed by atoms with E-state index in [1.54, 1.807) is 6.92 Å². The molecule has 0 heterocycles. The van der Waals surface area contributed by atoms with Crippen molar-refractivity contribution in [2.45, 2.75) is 20.1 Å². The summed E-state index contributed by atoms with van der Waals surface area (Å²) >= 11 is 0. The lowest BCUT2D eigenvalue weighted by atomic mass is 10.4. The van der Waals surface area contributed by atoms with Crippen LogP contribution in [0.1, 0.15) is 13.8 Å². The van der Waals surface area contributed by atoms with Crippen molar-refractivity contribution in [1.29, 1.82) is 0 Å². The van der Waals surface area contributed by atoms with E-state index in [2.05, 4.69) is 10.1 Å². The number of ether oxygens (including phenoxy) is 1. The Hall–Kier alpha value is -1.36. The maximum atomic E-state index is 10.8. The highest BCUT2D eigenvalue weighted by atomic mass is 16.5. The molecule has 5 nitrogen and oxygen atoms in total. The molecule has 1 amide bonds. The first-order valence-electron chi connectivity index (χ1n) is 3.98. The average molecular weight is 186 g/mol. The van der Waals surface area contributed by atoms with Crippen LogP contribution in [-0.4, -0.2) is 24.6 Å². The second kappa shape index (κ2) is 6.19. The number of amides is 1. The van der Waals surface area contributed by atoms with Crippen molar-refractivity contribution in [3.63, 3.8) is 0 Å². The van der Waals surface area contributed by atoms with Gasteiger partial charge in [0.2, 0.25) is 5.91 Å². The van der Waals surface area contributed by atoms with Crippen molar-refractivity contribution in [3.8, 4) is 0 Å². The van der Waals surface area contributed by atoms with Gasteiger partial charge < -0.3 is 10.1 Å². The summed E-state index contributed by atoms with van der Waals surface area (Å²) in [4.78, 5) is 21.6. The lowest BCUT2D eigenvalue weighted by Gasteiger charge is -2.03. The van der Waals surface area contributed by atoms with Crippen molar-refractivity contribution in [1.82, 2.24) is 5.32 Å². The Morgan fingerprint density at radius 1 is 1.54 bits per heavy atom. The Balaban J connectivity index is 3.83. The van der Waals surface area contributed by atoms with Crippen LogP contribution in [0.4, 0.5) is 0 Å². The minimum atomic E-state index is -0.661. The van der Waals surface area contributed by atoms with Crippen LogP contribution in [0.25, 0.3) is 0 Å². The van der Waals surface area contributed by atoms with Gasteiger partial charge in [-0.25, -0.2) is 4.79 Å². The summed E-state index contributed by atoms with van der Waals surface area (Å²) in [7, 11) is 0. The number of esters is 1. The molecule has 0 aromatic carbocycles. The van der Waals surface area contributed by atoms with Gasteiger partial charge in [0.15, 0.2) is 0 Å². The number of carbonyl (C=O) groups is 2. The van der Waals surface area contributed by atoms with E-state index in [-0.39, 0.29) is 5.91 Å². The molecule has 0 aliphatic carbocycles. The van der Waals surface area contributed by atoms with E-state index < -0.39 is 12.2 Å². The monoisotopic (exact) mass is 186 g/mol. The third-order valence-corrected chi connectivity index (χ3v) is 1.02. The molecule has 0 spiro atoms. The lowest BCUT2D eigenvalue weighted by Crippen LogP contribution is -2.23. The van der Waals surface area contributed by atoms with Gasteiger partial charge in [-0.2, -0.15) is 0 Å². The van der Waals surface area contributed by atoms with E-state index in [1.807, 2.05) is 0 Å². The number of nitrogens with one attached hydrogen (secondary N) is 1. The average Bonchev–Trinajstić information content (AvgIpc) is 2.00. The summed E-state index contributed by atoms with van der Waals surface area (Å²) < 4.78 is 4.55. The zero-order valence-electron chi connectivity index (χ0n) is 7.74. The minimum absolute atomic E-state index is 0.330. The van der Waals surface area contributed by atoms with Gasteiger partial charge in [0.1, 0.15) is 6.23 Å². The van der Waals surface area contributed by atoms with Crippen LogP contribution in [0, 0.1) is 0 Å². The molecular formula is C8H14N2O3. The van der Waals surface area contributed by atoms with Crippen LogP contribution in [-0.2, 0) is 14.3 Å². The maximum Gasteiger partial charge on any atom is 0.332 e. The Morgan fingerprint density at radius 2 is 2.15 bits per heavy atom. The molecule has 1 unspecified atom stereocenters. The minimum Gasteiger partial charge on any atom is -0.444 e. The summed E-state index contributed by atoms with van der Waals surface area (Å²) in [6, 6.07) is 0. The second-order valence-electron chi connectivity index (χ2n) is 2.37. The Bertz CT molecular complexity index is 211. The van der Waals surface area contributed by atoms with Gasteiger partial charge in [-0.15, -0.1) is 0 Å². The van der Waals surface area contributed by atoms with E-state index >= 15 is 0 Å². The zero-order valence-corrected chi connectivity index (χ0v) is 7.74. The van der Waals surface area contributed by atoms with Gasteiger partial charge in [0.25, 0.3) is 0 Å². The Morgan fingerprint density at radius 3 is 2.62 bits per heavy atom. The predicted octanol–water partition coefficient (Wildman–Crippen LogP) is -0.473. The third kappa shape index (κ3) is 7.02. The Kier molecular flexibility index (Phi) is 5.54. The van der Waals surface area contributed by atoms with E-state index in [9.17, 15) is 9.59 Å². The van der Waals surface area contributed by atoms with Crippen molar-refractivity contribution in [2.75, 3.05) is 6.54 Å². The standard InChI is InChI=1S/C8H14N2O3/c1-3-10-7(11)4-5-8(12)13-6(2)9/h4-6H,3,9H2,1-2H3,(H,10,11)/b5-4-. The molecule has 0 aliphatic heterocycles. The molecule has 0 saturated heterocycles. The van der Waals surface area contributed by atoms with Crippen LogP contribution < -0.4 is 11.1 Å². The van der Waals surface area contributed by atoms with Crippen LogP contribution in [0.5, 0.6) is 0 Å². The molecule has 0 bridgehead atoms. The number of likely N-dealkylation sites (N-methyl/N-ethyl adjacent to an activating group) is 1. The first-order chi connectivity index (χ1) is 6.06. The number of hydrogen-bond acceptors (Lipinski definition) is 4.